The predicted octanol–water partition coefficient (Wildman–Crippen LogP) is 2.59. The molecule has 0 saturated carbocycles. The zero-order valence-electron chi connectivity index (χ0n) is 13.6. The van der Waals surface area contributed by atoms with E-state index in [2.05, 4.69) is 5.32 Å². The normalized spacial score (nSPS) is 10.9. The van der Waals surface area contributed by atoms with Crippen molar-refractivity contribution in [3.05, 3.63) is 23.8 Å². The largest absolute Gasteiger partial charge is 0.466 e. The zero-order valence-corrected chi connectivity index (χ0v) is 13.6. The summed E-state index contributed by atoms with van der Waals surface area (Å²) in [6.07, 6.45) is 0.226. The van der Waals surface area contributed by atoms with E-state index in [1.54, 1.807) is 45.9 Å². The number of ether oxygens (including phenoxy) is 2. The van der Waals surface area contributed by atoms with Crippen molar-refractivity contribution in [2.24, 2.45) is 0 Å². The Hall–Kier alpha value is -2.24. The molecule has 6 heteroatoms. The molecule has 0 aliphatic carbocycles. The zero-order chi connectivity index (χ0) is 16.8. The molecule has 6 nitrogen and oxygen atoms in total. The second kappa shape index (κ2) is 7.68. The highest BCUT2D eigenvalue weighted by Gasteiger charge is 2.18. The van der Waals surface area contributed by atoms with E-state index < -0.39 is 11.6 Å². The number of carbonyl (C=O) groups excluding carboxylic acids is 2. The Morgan fingerprint density at radius 1 is 1.27 bits per heavy atom. The average molecular weight is 308 g/mol. The first-order valence-electron chi connectivity index (χ1n) is 7.25. The molecular weight excluding hydrogens is 284 g/mol. The summed E-state index contributed by atoms with van der Waals surface area (Å²) in [5.74, 6) is -0.696. The Kier molecular flexibility index (Phi) is 6.22. The molecular formula is C16H24N2O4. The van der Waals surface area contributed by atoms with E-state index in [0.29, 0.717) is 30.1 Å². The van der Waals surface area contributed by atoms with Gasteiger partial charge in [-0.3, -0.25) is 4.79 Å². The first-order valence-corrected chi connectivity index (χ1v) is 7.25. The van der Waals surface area contributed by atoms with Crippen LogP contribution in [0.2, 0.25) is 0 Å². The molecule has 22 heavy (non-hydrogen) atoms. The fourth-order valence-corrected chi connectivity index (χ4v) is 1.71. The molecule has 1 rings (SSSR count). The summed E-state index contributed by atoms with van der Waals surface area (Å²) in [7, 11) is 0. The van der Waals surface area contributed by atoms with E-state index in [-0.39, 0.29) is 12.4 Å². The smallest absolute Gasteiger partial charge is 0.338 e. The lowest BCUT2D eigenvalue weighted by atomic mass is 10.1. The number of hydrogen-bond acceptors (Lipinski definition) is 6. The third-order valence-electron chi connectivity index (χ3n) is 2.64. The van der Waals surface area contributed by atoms with Crippen molar-refractivity contribution in [1.82, 2.24) is 0 Å². The van der Waals surface area contributed by atoms with Crippen LogP contribution in [-0.4, -0.2) is 30.7 Å². The van der Waals surface area contributed by atoms with Gasteiger partial charge in [-0.15, -0.1) is 0 Å². The van der Waals surface area contributed by atoms with Gasteiger partial charge in [-0.05, 0) is 45.9 Å². The molecule has 0 atom stereocenters. The van der Waals surface area contributed by atoms with E-state index in [1.165, 1.54) is 0 Å². The van der Waals surface area contributed by atoms with Gasteiger partial charge in [0.15, 0.2) is 0 Å². The Morgan fingerprint density at radius 3 is 2.55 bits per heavy atom. The summed E-state index contributed by atoms with van der Waals surface area (Å²) in [5.41, 5.74) is 6.79. The van der Waals surface area contributed by atoms with E-state index in [4.69, 9.17) is 15.2 Å². The average Bonchev–Trinajstić information content (AvgIpc) is 2.39. The molecule has 0 amide bonds. The first kappa shape index (κ1) is 17.8. The van der Waals surface area contributed by atoms with Crippen molar-refractivity contribution in [2.75, 3.05) is 24.2 Å². The molecule has 0 spiro atoms. The van der Waals surface area contributed by atoms with Crippen LogP contribution in [0.3, 0.4) is 0 Å². The molecule has 0 aliphatic heterocycles. The quantitative estimate of drug-likeness (QED) is 0.620. The molecule has 0 bridgehead atoms. The number of carbonyl (C=O) groups is 2. The number of nitrogen functional groups attached to an aromatic ring is 1. The van der Waals surface area contributed by atoms with Crippen molar-refractivity contribution in [2.45, 2.75) is 39.7 Å². The third kappa shape index (κ3) is 6.03. The van der Waals surface area contributed by atoms with E-state index >= 15 is 0 Å². The van der Waals surface area contributed by atoms with Crippen molar-refractivity contribution in [3.63, 3.8) is 0 Å². The van der Waals surface area contributed by atoms with Crippen LogP contribution in [0.15, 0.2) is 18.2 Å². The molecule has 0 unspecified atom stereocenters. The minimum atomic E-state index is -0.560. The number of nitrogens with one attached hydrogen (secondary N) is 1. The maximum absolute atomic E-state index is 12.0. The van der Waals surface area contributed by atoms with Gasteiger partial charge in [0.25, 0.3) is 0 Å². The van der Waals surface area contributed by atoms with E-state index in [1.807, 2.05) is 0 Å². The molecule has 0 aromatic heterocycles. The van der Waals surface area contributed by atoms with Crippen LogP contribution < -0.4 is 11.1 Å². The first-order chi connectivity index (χ1) is 10.2. The lowest BCUT2D eigenvalue weighted by Crippen LogP contribution is -2.24. The Bertz CT molecular complexity index is 535. The fourth-order valence-electron chi connectivity index (χ4n) is 1.71. The van der Waals surface area contributed by atoms with Crippen LogP contribution in [-0.2, 0) is 14.3 Å². The van der Waals surface area contributed by atoms with Gasteiger partial charge in [0.1, 0.15) is 5.60 Å². The monoisotopic (exact) mass is 308 g/mol. The van der Waals surface area contributed by atoms with Gasteiger partial charge in [0, 0.05) is 6.54 Å². The SMILES string of the molecule is CCOC(=O)CCNc1cc(C(=O)OC(C)(C)C)ccc1N. The maximum Gasteiger partial charge on any atom is 0.338 e. The van der Waals surface area contributed by atoms with Gasteiger partial charge in [-0.25, -0.2) is 4.79 Å². The molecule has 1 aromatic carbocycles. The molecule has 0 saturated heterocycles. The molecule has 0 radical (unpaired) electrons. The number of hydrogen-bond donors (Lipinski definition) is 2. The van der Waals surface area contributed by atoms with Gasteiger partial charge in [0.2, 0.25) is 0 Å². The van der Waals surface area contributed by atoms with E-state index in [0.717, 1.165) is 0 Å². The Morgan fingerprint density at radius 2 is 1.95 bits per heavy atom. The van der Waals surface area contributed by atoms with Crippen molar-refractivity contribution in [1.29, 1.82) is 0 Å². The van der Waals surface area contributed by atoms with Crippen LogP contribution in [0.4, 0.5) is 11.4 Å². The number of nitrogens with two attached hydrogens (primary N) is 1. The number of anilines is 2. The summed E-state index contributed by atoms with van der Waals surface area (Å²) in [6.45, 7) is 7.91. The molecule has 3 N–H and O–H groups in total. The summed E-state index contributed by atoms with van der Waals surface area (Å²) < 4.78 is 10.2. The molecule has 0 aliphatic rings. The molecule has 0 fully saturated rings. The van der Waals surface area contributed by atoms with Crippen LogP contribution in [0.5, 0.6) is 0 Å². The highest BCUT2D eigenvalue weighted by atomic mass is 16.6. The highest BCUT2D eigenvalue weighted by molar-refractivity contribution is 5.92. The Labute approximate surface area is 131 Å². The number of esters is 2. The minimum Gasteiger partial charge on any atom is -0.466 e. The van der Waals surface area contributed by atoms with Gasteiger partial charge >= 0.3 is 11.9 Å². The molecule has 0 heterocycles. The van der Waals surface area contributed by atoms with Crippen LogP contribution >= 0.6 is 0 Å². The second-order valence-electron chi connectivity index (χ2n) is 5.79. The van der Waals surface area contributed by atoms with Gasteiger partial charge in [-0.2, -0.15) is 0 Å². The summed E-state index contributed by atoms with van der Waals surface area (Å²) in [4.78, 5) is 23.3. The second-order valence-corrected chi connectivity index (χ2v) is 5.79. The third-order valence-corrected chi connectivity index (χ3v) is 2.64. The van der Waals surface area contributed by atoms with Crippen molar-refractivity contribution < 1.29 is 19.1 Å². The van der Waals surface area contributed by atoms with Gasteiger partial charge in [-0.1, -0.05) is 0 Å². The van der Waals surface area contributed by atoms with Gasteiger partial charge in [0.05, 0.1) is 30.0 Å². The fraction of sp³-hybridized carbons (Fsp3) is 0.500. The maximum atomic E-state index is 12.0. The summed E-state index contributed by atoms with van der Waals surface area (Å²) in [6, 6.07) is 4.86. The lowest BCUT2D eigenvalue weighted by molar-refractivity contribution is -0.142. The van der Waals surface area contributed by atoms with E-state index in [9.17, 15) is 9.59 Å². The van der Waals surface area contributed by atoms with Crippen LogP contribution in [0.1, 0.15) is 44.5 Å². The predicted molar refractivity (Wildman–Crippen MR) is 85.8 cm³/mol. The topological polar surface area (TPSA) is 90.6 Å². The van der Waals surface area contributed by atoms with Crippen molar-refractivity contribution >= 4 is 23.3 Å². The minimum absolute atomic E-state index is 0.226. The summed E-state index contributed by atoms with van der Waals surface area (Å²) >= 11 is 0. The van der Waals surface area contributed by atoms with Crippen molar-refractivity contribution in [3.8, 4) is 0 Å². The Balaban J connectivity index is 2.70. The highest BCUT2D eigenvalue weighted by Crippen LogP contribution is 2.22. The standard InChI is InChI=1S/C16H24N2O4/c1-5-21-14(19)8-9-18-13-10-11(6-7-12(13)17)15(20)22-16(2,3)4/h6-7,10,18H,5,8-9,17H2,1-4H3. The molecule has 1 aromatic rings. The molecule has 122 valence electrons. The van der Waals surface area contributed by atoms with Crippen LogP contribution in [0, 0.1) is 0 Å². The van der Waals surface area contributed by atoms with Crippen LogP contribution in [0.25, 0.3) is 0 Å². The number of benzene rings is 1. The van der Waals surface area contributed by atoms with Gasteiger partial charge < -0.3 is 20.5 Å². The lowest BCUT2D eigenvalue weighted by Gasteiger charge is -2.20. The number of rotatable bonds is 6. The summed E-state index contributed by atoms with van der Waals surface area (Å²) in [5, 5.41) is 3.03.